The predicted octanol–water partition coefficient (Wildman–Crippen LogP) is 3.94. The van der Waals surface area contributed by atoms with Gasteiger partial charge in [0.15, 0.2) is 0 Å². The number of ether oxygens (including phenoxy) is 1. The second-order valence-corrected chi connectivity index (χ2v) is 9.46. The first-order valence-electron chi connectivity index (χ1n) is 11.8. The Balaban J connectivity index is 1.19. The highest BCUT2D eigenvalue weighted by Crippen LogP contribution is 2.38. The Hall–Kier alpha value is -4.15. The van der Waals surface area contributed by atoms with Crippen LogP contribution in [0.3, 0.4) is 0 Å². The molecular formula is C28H25N5O2. The molecule has 2 aromatic carbocycles. The van der Waals surface area contributed by atoms with Crippen molar-refractivity contribution in [2.75, 3.05) is 26.3 Å². The second kappa shape index (κ2) is 8.57. The van der Waals surface area contributed by atoms with Crippen LogP contribution in [0.2, 0.25) is 0 Å². The van der Waals surface area contributed by atoms with Gasteiger partial charge in [-0.05, 0) is 37.1 Å². The number of rotatable bonds is 3. The van der Waals surface area contributed by atoms with E-state index >= 15 is 0 Å². The van der Waals surface area contributed by atoms with Crippen LogP contribution in [0.15, 0.2) is 77.8 Å². The summed E-state index contributed by atoms with van der Waals surface area (Å²) in [6.07, 6.45) is 9.69. The third-order valence-corrected chi connectivity index (χ3v) is 7.24. The number of piperidine rings is 1. The lowest BCUT2D eigenvalue weighted by Gasteiger charge is -2.47. The number of fused-ring (bicyclic) bond motifs is 1. The van der Waals surface area contributed by atoms with E-state index in [9.17, 15) is 4.79 Å². The maximum atomic E-state index is 13.0. The van der Waals surface area contributed by atoms with E-state index in [0.29, 0.717) is 16.5 Å². The Morgan fingerprint density at radius 1 is 1.00 bits per heavy atom. The van der Waals surface area contributed by atoms with Gasteiger partial charge in [-0.1, -0.05) is 24.3 Å². The number of nitrogens with zero attached hydrogens (tertiary/aromatic N) is 4. The van der Waals surface area contributed by atoms with Crippen molar-refractivity contribution in [2.45, 2.75) is 12.8 Å². The molecule has 2 saturated heterocycles. The van der Waals surface area contributed by atoms with Gasteiger partial charge in [0.1, 0.15) is 0 Å². The van der Waals surface area contributed by atoms with Gasteiger partial charge in [-0.3, -0.25) is 9.79 Å². The Morgan fingerprint density at radius 3 is 2.37 bits per heavy atom. The Labute approximate surface area is 204 Å². The van der Waals surface area contributed by atoms with Crippen molar-refractivity contribution in [1.29, 1.82) is 5.26 Å². The van der Waals surface area contributed by atoms with E-state index < -0.39 is 0 Å². The summed E-state index contributed by atoms with van der Waals surface area (Å²) in [5.41, 5.74) is 6.27. The van der Waals surface area contributed by atoms with Crippen molar-refractivity contribution in [2.24, 2.45) is 10.4 Å². The van der Waals surface area contributed by atoms with Gasteiger partial charge in [0, 0.05) is 53.8 Å². The standard InChI is InChI=1S/C28H25N5O2/c29-13-20-1-3-22(4-2-20)26-16-30-14-24-15-31-25(17-33(24)26)21-5-7-23(8-6-21)27(34)32-11-9-28(10-12-32)18-35-19-28/h1-8,14-17,30H,9-12,18-19H2. The molecule has 0 saturated carbocycles. The fourth-order valence-corrected chi connectivity index (χ4v) is 4.94. The zero-order valence-electron chi connectivity index (χ0n) is 19.3. The van der Waals surface area contributed by atoms with Gasteiger partial charge in [-0.25, -0.2) is 0 Å². The molecule has 2 fully saturated rings. The molecule has 1 amide bonds. The fraction of sp³-hybridized carbons (Fsp3) is 0.250. The maximum absolute atomic E-state index is 13.0. The first-order valence-corrected chi connectivity index (χ1v) is 11.8. The molecule has 35 heavy (non-hydrogen) atoms. The molecule has 6 rings (SSSR count). The summed E-state index contributed by atoms with van der Waals surface area (Å²) >= 11 is 0. The molecule has 7 heteroatoms. The van der Waals surface area contributed by atoms with Crippen molar-refractivity contribution in [1.82, 2.24) is 15.1 Å². The third kappa shape index (κ3) is 3.92. The van der Waals surface area contributed by atoms with Gasteiger partial charge in [0.25, 0.3) is 5.91 Å². The van der Waals surface area contributed by atoms with Crippen LogP contribution < -0.4 is 5.32 Å². The van der Waals surface area contributed by atoms with Gasteiger partial charge in [-0.15, -0.1) is 0 Å². The van der Waals surface area contributed by atoms with E-state index in [0.717, 1.165) is 67.4 Å². The third-order valence-electron chi connectivity index (χ3n) is 7.24. The topological polar surface area (TPSA) is 81.0 Å². The zero-order valence-corrected chi connectivity index (χ0v) is 19.3. The summed E-state index contributed by atoms with van der Waals surface area (Å²) in [4.78, 5) is 21.7. The molecule has 1 spiro atoms. The Morgan fingerprint density at radius 2 is 1.71 bits per heavy atom. The number of aliphatic imine (C=N–C) groups is 1. The highest BCUT2D eigenvalue weighted by molar-refractivity contribution is 5.95. The van der Waals surface area contributed by atoms with Crippen LogP contribution in [0.1, 0.15) is 39.9 Å². The van der Waals surface area contributed by atoms with Gasteiger partial charge >= 0.3 is 0 Å². The lowest BCUT2D eigenvalue weighted by atomic mass is 9.77. The van der Waals surface area contributed by atoms with Crippen molar-refractivity contribution in [3.8, 4) is 6.07 Å². The average molecular weight is 464 g/mol. The number of amides is 1. The number of carbonyl (C=O) groups excluding carboxylic acids is 1. The molecule has 4 aliphatic rings. The van der Waals surface area contributed by atoms with E-state index in [1.165, 1.54) is 0 Å². The minimum absolute atomic E-state index is 0.0890. The average Bonchev–Trinajstić information content (AvgIpc) is 2.91. The van der Waals surface area contributed by atoms with Gasteiger partial charge in [0.2, 0.25) is 0 Å². The monoisotopic (exact) mass is 463 g/mol. The minimum Gasteiger partial charge on any atom is -0.380 e. The molecule has 2 aromatic rings. The highest BCUT2D eigenvalue weighted by atomic mass is 16.5. The largest absolute Gasteiger partial charge is 0.380 e. The zero-order chi connectivity index (χ0) is 23.8. The molecular weight excluding hydrogens is 438 g/mol. The number of likely N-dealkylation sites (tertiary alicyclic amines) is 1. The number of hydrogen-bond acceptors (Lipinski definition) is 6. The molecule has 4 heterocycles. The van der Waals surface area contributed by atoms with Gasteiger partial charge in [0.05, 0.1) is 48.2 Å². The number of hydrogen-bond donors (Lipinski definition) is 1. The number of benzene rings is 2. The molecule has 174 valence electrons. The first kappa shape index (κ1) is 21.4. The number of nitrogens with one attached hydrogen (secondary N) is 1. The number of nitriles is 1. The molecule has 4 aliphatic heterocycles. The summed E-state index contributed by atoms with van der Waals surface area (Å²) in [5.74, 6) is 0.0890. The van der Waals surface area contributed by atoms with Crippen LogP contribution in [0.4, 0.5) is 0 Å². The smallest absolute Gasteiger partial charge is 0.253 e. The van der Waals surface area contributed by atoms with Crippen LogP contribution in [-0.2, 0) is 4.74 Å². The van der Waals surface area contributed by atoms with E-state index in [4.69, 9.17) is 10.00 Å². The SMILES string of the molecule is N#Cc1ccc(C2=CNC=C3C=NC(c4ccc(C(=O)N5CCC6(CC5)COC6)cc4)=CN32)cc1. The molecule has 0 bridgehead atoms. The number of allylic oxidation sites excluding steroid dienone is 1. The maximum Gasteiger partial charge on any atom is 0.253 e. The lowest BCUT2D eigenvalue weighted by Crippen LogP contribution is -2.52. The van der Waals surface area contributed by atoms with E-state index in [-0.39, 0.29) is 5.91 Å². The van der Waals surface area contributed by atoms with Crippen LogP contribution in [0.25, 0.3) is 11.4 Å². The summed E-state index contributed by atoms with van der Waals surface area (Å²) in [7, 11) is 0. The van der Waals surface area contributed by atoms with Crippen LogP contribution in [-0.4, -0.2) is 48.2 Å². The van der Waals surface area contributed by atoms with E-state index in [1.807, 2.05) is 78.2 Å². The van der Waals surface area contributed by atoms with Crippen molar-refractivity contribution in [3.63, 3.8) is 0 Å². The Kier molecular flexibility index (Phi) is 5.24. The normalized spacial score (nSPS) is 20.0. The summed E-state index contributed by atoms with van der Waals surface area (Å²) in [6, 6.07) is 17.4. The van der Waals surface area contributed by atoms with Gasteiger partial charge in [-0.2, -0.15) is 5.26 Å². The minimum atomic E-state index is 0.0890. The lowest BCUT2D eigenvalue weighted by molar-refractivity contribution is -0.136. The van der Waals surface area contributed by atoms with E-state index in [1.54, 1.807) is 0 Å². The van der Waals surface area contributed by atoms with Crippen molar-refractivity contribution in [3.05, 3.63) is 95.1 Å². The molecule has 7 nitrogen and oxygen atoms in total. The van der Waals surface area contributed by atoms with Crippen molar-refractivity contribution >= 4 is 23.5 Å². The highest BCUT2D eigenvalue weighted by Gasteiger charge is 2.42. The molecule has 0 aromatic heterocycles. The predicted molar refractivity (Wildman–Crippen MR) is 133 cm³/mol. The molecule has 0 unspecified atom stereocenters. The fourth-order valence-electron chi connectivity index (χ4n) is 4.94. The summed E-state index contributed by atoms with van der Waals surface area (Å²) in [6.45, 7) is 3.26. The molecule has 0 aliphatic carbocycles. The molecule has 0 atom stereocenters. The van der Waals surface area contributed by atoms with Crippen LogP contribution >= 0.6 is 0 Å². The second-order valence-electron chi connectivity index (χ2n) is 9.46. The number of carbonyl (C=O) groups is 1. The summed E-state index contributed by atoms with van der Waals surface area (Å²) in [5, 5.41) is 12.3. The molecule has 0 radical (unpaired) electrons. The van der Waals surface area contributed by atoms with E-state index in [2.05, 4.69) is 21.3 Å². The molecule has 1 N–H and O–H groups in total. The van der Waals surface area contributed by atoms with Crippen LogP contribution in [0.5, 0.6) is 0 Å². The van der Waals surface area contributed by atoms with Gasteiger partial charge < -0.3 is 19.9 Å². The first-order chi connectivity index (χ1) is 17.1. The summed E-state index contributed by atoms with van der Waals surface area (Å²) < 4.78 is 5.40. The van der Waals surface area contributed by atoms with Crippen LogP contribution in [0, 0.1) is 16.7 Å². The Bertz CT molecular complexity index is 1310. The van der Waals surface area contributed by atoms with Crippen molar-refractivity contribution < 1.29 is 9.53 Å². The quantitative estimate of drug-likeness (QED) is 0.746.